The molecule has 1 amide bonds. The molecule has 0 unspecified atom stereocenters. The van der Waals surface area contributed by atoms with Gasteiger partial charge in [-0.2, -0.15) is 5.10 Å². The van der Waals surface area contributed by atoms with Gasteiger partial charge >= 0.3 is 5.97 Å². The number of nitrogens with zero attached hydrogens (tertiary/aromatic N) is 1. The molecule has 27 heavy (non-hydrogen) atoms. The van der Waals surface area contributed by atoms with E-state index in [1.807, 2.05) is 24.3 Å². The van der Waals surface area contributed by atoms with Crippen LogP contribution in [0.15, 0.2) is 58.5 Å². The lowest BCUT2D eigenvalue weighted by Crippen LogP contribution is -2.22. The van der Waals surface area contributed by atoms with Crippen molar-refractivity contribution < 1.29 is 24.2 Å². The Kier molecular flexibility index (Phi) is 7.69. The molecule has 2 N–H and O–H groups in total. The summed E-state index contributed by atoms with van der Waals surface area (Å²) in [6.07, 6.45) is 0.576. The molecular weight excluding hydrogens is 368 g/mol. The highest BCUT2D eigenvalue weighted by molar-refractivity contribution is 8.00. The van der Waals surface area contributed by atoms with Crippen molar-refractivity contribution in [2.45, 2.75) is 17.9 Å². The first-order valence-electron chi connectivity index (χ1n) is 8.06. The monoisotopic (exact) mass is 388 g/mol. The van der Waals surface area contributed by atoms with Crippen LogP contribution < -0.4 is 14.9 Å². The number of benzene rings is 2. The molecule has 0 aliphatic heterocycles. The number of nitrogens with one attached hydrogen (secondary N) is 1. The fourth-order valence-electron chi connectivity index (χ4n) is 1.92. The van der Waals surface area contributed by atoms with Gasteiger partial charge in [-0.1, -0.05) is 0 Å². The summed E-state index contributed by atoms with van der Waals surface area (Å²) in [5.74, 6) is 0.200. The van der Waals surface area contributed by atoms with Crippen LogP contribution in [-0.2, 0) is 9.59 Å². The van der Waals surface area contributed by atoms with Gasteiger partial charge < -0.3 is 14.6 Å². The molecule has 0 saturated heterocycles. The predicted molar refractivity (Wildman–Crippen MR) is 104 cm³/mol. The van der Waals surface area contributed by atoms with E-state index in [0.717, 1.165) is 16.2 Å². The van der Waals surface area contributed by atoms with Crippen molar-refractivity contribution in [2.75, 3.05) is 12.9 Å². The third-order valence-corrected chi connectivity index (χ3v) is 4.38. The zero-order valence-electron chi connectivity index (χ0n) is 14.9. The molecule has 0 radical (unpaired) electrons. The smallest absolute Gasteiger partial charge is 0.344 e. The first-order chi connectivity index (χ1) is 13.0. The minimum atomic E-state index is -1.03. The molecule has 7 nitrogen and oxygen atoms in total. The van der Waals surface area contributed by atoms with Gasteiger partial charge in [-0.3, -0.25) is 4.79 Å². The van der Waals surface area contributed by atoms with Gasteiger partial charge in [0.1, 0.15) is 11.5 Å². The van der Waals surface area contributed by atoms with E-state index in [2.05, 4.69) is 10.5 Å². The molecule has 2 aromatic carbocycles. The third-order valence-electron chi connectivity index (χ3n) is 3.37. The number of aliphatic carboxylic acids is 1. The van der Waals surface area contributed by atoms with Gasteiger partial charge in [-0.05, 0) is 61.0 Å². The summed E-state index contributed by atoms with van der Waals surface area (Å²) in [5, 5.41) is 12.7. The van der Waals surface area contributed by atoms with Gasteiger partial charge in [0.15, 0.2) is 6.10 Å². The quantitative estimate of drug-likeness (QED) is 0.389. The van der Waals surface area contributed by atoms with E-state index in [1.54, 1.807) is 31.4 Å². The number of hydrogen-bond donors (Lipinski definition) is 2. The summed E-state index contributed by atoms with van der Waals surface area (Å²) in [6, 6.07) is 14.2. The zero-order chi connectivity index (χ0) is 19.6. The lowest BCUT2D eigenvalue weighted by molar-refractivity contribution is -0.144. The van der Waals surface area contributed by atoms with Gasteiger partial charge in [0.25, 0.3) is 0 Å². The minimum Gasteiger partial charge on any atom is -0.497 e. The number of carboxylic acid groups (broad SMARTS) is 1. The number of hydrazone groups is 1. The second kappa shape index (κ2) is 10.2. The molecule has 0 aliphatic carbocycles. The lowest BCUT2D eigenvalue weighted by atomic mass is 10.2. The number of amides is 1. The molecule has 0 aliphatic rings. The molecule has 0 heterocycles. The number of thioether (sulfide) groups is 1. The van der Waals surface area contributed by atoms with E-state index in [4.69, 9.17) is 14.6 Å². The fourth-order valence-corrected chi connectivity index (χ4v) is 2.61. The Bertz CT molecular complexity index is 791. The SMILES string of the molecule is COc1ccc(SCC(=O)N/N=C/c2ccc(O[C@@H](C)C(=O)O)cc2)cc1. The number of carboxylic acids is 1. The predicted octanol–water partition coefficient (Wildman–Crippen LogP) is 2.79. The van der Waals surface area contributed by atoms with Crippen LogP contribution in [0.4, 0.5) is 0 Å². The number of carbonyl (C=O) groups is 2. The van der Waals surface area contributed by atoms with Gasteiger partial charge in [0.05, 0.1) is 19.1 Å². The lowest BCUT2D eigenvalue weighted by Gasteiger charge is -2.09. The summed E-state index contributed by atoms with van der Waals surface area (Å²) in [6.45, 7) is 1.46. The average molecular weight is 388 g/mol. The van der Waals surface area contributed by atoms with Crippen LogP contribution in [0.2, 0.25) is 0 Å². The largest absolute Gasteiger partial charge is 0.497 e. The molecule has 2 rings (SSSR count). The molecule has 0 fully saturated rings. The molecule has 142 valence electrons. The van der Waals surface area contributed by atoms with E-state index >= 15 is 0 Å². The molecule has 0 aromatic heterocycles. The van der Waals surface area contributed by atoms with Gasteiger partial charge in [0, 0.05) is 4.90 Å². The van der Waals surface area contributed by atoms with Crippen molar-refractivity contribution in [1.29, 1.82) is 0 Å². The van der Waals surface area contributed by atoms with Crippen LogP contribution in [0.25, 0.3) is 0 Å². The van der Waals surface area contributed by atoms with Crippen LogP contribution in [-0.4, -0.2) is 42.2 Å². The standard InChI is InChI=1S/C19H20N2O5S/c1-13(19(23)24)26-16-5-3-14(4-6-16)11-20-21-18(22)12-27-17-9-7-15(25-2)8-10-17/h3-11,13H,12H2,1-2H3,(H,21,22)(H,23,24)/b20-11+/t13-/m0/s1. The van der Waals surface area contributed by atoms with Gasteiger partial charge in [-0.15, -0.1) is 11.8 Å². The first-order valence-corrected chi connectivity index (χ1v) is 9.05. The Hall–Kier alpha value is -3.00. The average Bonchev–Trinajstić information content (AvgIpc) is 2.68. The molecule has 1 atom stereocenters. The van der Waals surface area contributed by atoms with E-state index in [-0.39, 0.29) is 11.7 Å². The van der Waals surface area contributed by atoms with E-state index in [0.29, 0.717) is 5.75 Å². The Labute approximate surface area is 161 Å². The van der Waals surface area contributed by atoms with E-state index in [1.165, 1.54) is 24.9 Å². The van der Waals surface area contributed by atoms with Crippen LogP contribution in [0.1, 0.15) is 12.5 Å². The highest BCUT2D eigenvalue weighted by atomic mass is 32.2. The zero-order valence-corrected chi connectivity index (χ0v) is 15.7. The maximum absolute atomic E-state index is 11.8. The molecule has 2 aromatic rings. The Balaban J connectivity index is 1.76. The van der Waals surface area contributed by atoms with Crippen LogP contribution in [0.3, 0.4) is 0 Å². The van der Waals surface area contributed by atoms with Crippen LogP contribution >= 0.6 is 11.8 Å². The van der Waals surface area contributed by atoms with Crippen LogP contribution in [0, 0.1) is 0 Å². The van der Waals surface area contributed by atoms with Crippen molar-refractivity contribution in [3.8, 4) is 11.5 Å². The van der Waals surface area contributed by atoms with Crippen molar-refractivity contribution in [3.05, 3.63) is 54.1 Å². The summed E-state index contributed by atoms with van der Waals surface area (Å²) in [4.78, 5) is 23.5. The normalized spacial score (nSPS) is 11.8. The Morgan fingerprint density at radius 1 is 1.15 bits per heavy atom. The van der Waals surface area contributed by atoms with Gasteiger partial charge in [-0.25, -0.2) is 10.2 Å². The number of hydrogen-bond acceptors (Lipinski definition) is 6. The Morgan fingerprint density at radius 2 is 1.78 bits per heavy atom. The molecule has 0 saturated carbocycles. The highest BCUT2D eigenvalue weighted by Gasteiger charge is 2.11. The summed E-state index contributed by atoms with van der Waals surface area (Å²) in [7, 11) is 1.60. The highest BCUT2D eigenvalue weighted by Crippen LogP contribution is 2.20. The third kappa shape index (κ3) is 7.02. The van der Waals surface area contributed by atoms with E-state index < -0.39 is 12.1 Å². The second-order valence-electron chi connectivity index (χ2n) is 5.42. The Morgan fingerprint density at radius 3 is 2.37 bits per heavy atom. The minimum absolute atomic E-state index is 0.220. The number of rotatable bonds is 9. The van der Waals surface area contributed by atoms with Crippen LogP contribution in [0.5, 0.6) is 11.5 Å². The summed E-state index contributed by atoms with van der Waals surface area (Å²) in [5.41, 5.74) is 3.21. The van der Waals surface area contributed by atoms with Crippen molar-refractivity contribution >= 4 is 29.9 Å². The molecule has 0 spiro atoms. The number of carbonyl (C=O) groups excluding carboxylic acids is 1. The summed E-state index contributed by atoms with van der Waals surface area (Å²) >= 11 is 1.40. The number of ether oxygens (including phenoxy) is 2. The van der Waals surface area contributed by atoms with Gasteiger partial charge in [0.2, 0.25) is 5.91 Å². The van der Waals surface area contributed by atoms with Crippen molar-refractivity contribution in [2.24, 2.45) is 5.10 Å². The van der Waals surface area contributed by atoms with E-state index in [9.17, 15) is 9.59 Å². The fraction of sp³-hybridized carbons (Fsp3) is 0.211. The van der Waals surface area contributed by atoms with Crippen molar-refractivity contribution in [3.63, 3.8) is 0 Å². The first kappa shape index (κ1) is 20.3. The molecular formula is C19H20N2O5S. The molecule has 0 bridgehead atoms. The maximum Gasteiger partial charge on any atom is 0.344 e. The number of methoxy groups -OCH3 is 1. The maximum atomic E-state index is 11.8. The summed E-state index contributed by atoms with van der Waals surface area (Å²) < 4.78 is 10.3. The molecule has 8 heteroatoms. The topological polar surface area (TPSA) is 97.2 Å². The van der Waals surface area contributed by atoms with Crippen molar-refractivity contribution in [1.82, 2.24) is 5.43 Å². The second-order valence-corrected chi connectivity index (χ2v) is 6.47.